The smallest absolute Gasteiger partial charge is 0.283 e. The molecular weight excluding hydrogens is 439 g/mol. The number of carbonyl (C=O) groups excluding carboxylic acids is 1. The lowest BCUT2D eigenvalue weighted by Crippen LogP contribution is -2.38. The maximum atomic E-state index is 14.7. The first-order valence-electron chi connectivity index (χ1n) is 10.8. The zero-order chi connectivity index (χ0) is 25.1. The van der Waals surface area contributed by atoms with Gasteiger partial charge in [0.15, 0.2) is 0 Å². The molecule has 0 spiro atoms. The number of benzene rings is 1. The largest absolute Gasteiger partial charge is 0.479 e. The molecule has 0 saturated heterocycles. The van der Waals surface area contributed by atoms with Crippen molar-refractivity contribution in [2.45, 2.75) is 58.3 Å². The van der Waals surface area contributed by atoms with E-state index in [2.05, 4.69) is 27.1 Å². The lowest BCUT2D eigenvalue weighted by atomic mass is 9.86. The second kappa shape index (κ2) is 9.69. The molecule has 1 aliphatic heterocycles. The van der Waals surface area contributed by atoms with Crippen LogP contribution < -0.4 is 15.8 Å². The molecule has 1 aromatic carbocycles. The van der Waals surface area contributed by atoms with Gasteiger partial charge in [-0.15, -0.1) is 0 Å². The topological polar surface area (TPSA) is 119 Å². The summed E-state index contributed by atoms with van der Waals surface area (Å²) in [6.07, 6.45) is 1.63. The van der Waals surface area contributed by atoms with Gasteiger partial charge in [-0.2, -0.15) is 0 Å². The molecule has 2 heterocycles. The average Bonchev–Trinajstić information content (AvgIpc) is 2.71. The van der Waals surface area contributed by atoms with Crippen molar-refractivity contribution in [3.63, 3.8) is 0 Å². The summed E-state index contributed by atoms with van der Waals surface area (Å²) in [5.74, 6) is 4.92. The normalized spacial score (nSPS) is 19.9. The van der Waals surface area contributed by atoms with Crippen LogP contribution in [0.3, 0.4) is 0 Å². The van der Waals surface area contributed by atoms with Crippen molar-refractivity contribution in [3.8, 4) is 17.6 Å². The van der Waals surface area contributed by atoms with Gasteiger partial charge in [0.2, 0.25) is 0 Å². The second-order valence-corrected chi connectivity index (χ2v) is 8.99. The number of nitrogens with zero attached hydrogens (tertiary/aromatic N) is 2. The van der Waals surface area contributed by atoms with Gasteiger partial charge in [0, 0.05) is 17.7 Å². The highest BCUT2D eigenvalue weighted by Gasteiger charge is 2.36. The van der Waals surface area contributed by atoms with Gasteiger partial charge in [-0.3, -0.25) is 4.79 Å². The highest BCUT2D eigenvalue weighted by atomic mass is 19.1. The molecule has 2 atom stereocenters. The van der Waals surface area contributed by atoms with Crippen molar-refractivity contribution < 1.29 is 23.8 Å². The number of anilines is 1. The van der Waals surface area contributed by atoms with E-state index in [4.69, 9.17) is 15.2 Å². The molecule has 9 heteroatoms. The summed E-state index contributed by atoms with van der Waals surface area (Å²) >= 11 is 0. The number of nitrogens with two attached hydrogens (primary N) is 1. The molecule has 1 amide bonds. The van der Waals surface area contributed by atoms with Crippen molar-refractivity contribution >= 4 is 17.6 Å². The third-order valence-corrected chi connectivity index (χ3v) is 5.14. The summed E-state index contributed by atoms with van der Waals surface area (Å²) in [4.78, 5) is 21.4. The Bertz CT molecular complexity index is 1180. The molecule has 1 aromatic heterocycles. The van der Waals surface area contributed by atoms with Crippen LogP contribution in [0.1, 0.15) is 55.7 Å². The van der Waals surface area contributed by atoms with Gasteiger partial charge in [-0.05, 0) is 64.4 Å². The number of hydrogen-bond donors (Lipinski definition) is 3. The first-order chi connectivity index (χ1) is 15.9. The van der Waals surface area contributed by atoms with Crippen LogP contribution >= 0.6 is 0 Å². The molecule has 1 aliphatic rings. The monoisotopic (exact) mass is 468 g/mol. The molecule has 0 fully saturated rings. The molecule has 3 rings (SSSR count). The number of carbonyl (C=O) groups is 1. The number of hydrogen-bond acceptors (Lipinski definition) is 7. The fourth-order valence-electron chi connectivity index (χ4n) is 3.74. The van der Waals surface area contributed by atoms with Crippen LogP contribution in [0.25, 0.3) is 0 Å². The Morgan fingerprint density at radius 1 is 1.44 bits per heavy atom. The van der Waals surface area contributed by atoms with E-state index in [1.165, 1.54) is 18.3 Å². The zero-order valence-corrected chi connectivity index (χ0v) is 19.9. The summed E-state index contributed by atoms with van der Waals surface area (Å²) in [7, 11) is 0. The molecular formula is C25H29FN4O4. The van der Waals surface area contributed by atoms with Crippen LogP contribution in [0.4, 0.5) is 10.1 Å². The fourth-order valence-corrected chi connectivity index (χ4v) is 3.74. The number of ether oxygens (including phenoxy) is 2. The van der Waals surface area contributed by atoms with Crippen LogP contribution in [0.15, 0.2) is 35.5 Å². The Hall–Kier alpha value is -3.64. The number of amidine groups is 1. The standard InChI is InChI=1S/C25H29FN4O4/c1-15-11-18(33-10-6-9-24(3,4)32)14-28-21(15)22(31)29-17-7-8-20(26)19(12-17)25(5)13-16(2)34-23(27)30-25/h7-8,11-12,14,16,32H,10,13H2,1-5H3,(H2,27,30)(H,29,31)/t16-,25-/m1/s1. The van der Waals surface area contributed by atoms with Crippen molar-refractivity contribution in [2.24, 2.45) is 10.7 Å². The lowest BCUT2D eigenvalue weighted by molar-refractivity contribution is 0.102. The molecule has 34 heavy (non-hydrogen) atoms. The maximum absolute atomic E-state index is 14.7. The molecule has 0 saturated carbocycles. The van der Waals surface area contributed by atoms with Crippen molar-refractivity contribution in [1.29, 1.82) is 0 Å². The maximum Gasteiger partial charge on any atom is 0.283 e. The second-order valence-electron chi connectivity index (χ2n) is 8.99. The predicted octanol–water partition coefficient (Wildman–Crippen LogP) is 3.27. The van der Waals surface area contributed by atoms with Gasteiger partial charge in [0.1, 0.15) is 35.6 Å². The number of halogens is 1. The molecule has 4 N–H and O–H groups in total. The van der Waals surface area contributed by atoms with Crippen LogP contribution in [-0.4, -0.2) is 40.3 Å². The molecule has 8 nitrogen and oxygen atoms in total. The number of pyridine rings is 1. The van der Waals surface area contributed by atoms with E-state index >= 15 is 0 Å². The zero-order valence-electron chi connectivity index (χ0n) is 19.9. The van der Waals surface area contributed by atoms with E-state index in [0.717, 1.165) is 0 Å². The van der Waals surface area contributed by atoms with E-state index in [9.17, 15) is 14.3 Å². The lowest BCUT2D eigenvalue weighted by Gasteiger charge is -2.34. The van der Waals surface area contributed by atoms with Crippen LogP contribution in [0, 0.1) is 24.6 Å². The first kappa shape index (κ1) is 25.0. The molecule has 2 aromatic rings. The van der Waals surface area contributed by atoms with Crippen LogP contribution in [-0.2, 0) is 10.3 Å². The number of rotatable bonds is 5. The summed E-state index contributed by atoms with van der Waals surface area (Å²) in [6, 6.07) is 5.99. The Balaban J connectivity index is 1.75. The van der Waals surface area contributed by atoms with Gasteiger partial charge in [-0.25, -0.2) is 14.4 Å². The van der Waals surface area contributed by atoms with E-state index in [0.29, 0.717) is 29.0 Å². The minimum absolute atomic E-state index is 0.00303. The predicted molar refractivity (Wildman–Crippen MR) is 127 cm³/mol. The SMILES string of the molecule is Cc1cc(OCC#CC(C)(C)O)cnc1C(=O)Nc1ccc(F)c([C@@]2(C)C[C@@H](C)OC(N)=N2)c1. The molecule has 0 aliphatic carbocycles. The highest BCUT2D eigenvalue weighted by Crippen LogP contribution is 2.37. The Morgan fingerprint density at radius 2 is 2.18 bits per heavy atom. The third-order valence-electron chi connectivity index (χ3n) is 5.14. The number of nitrogens with one attached hydrogen (secondary N) is 1. The number of amides is 1. The Labute approximate surface area is 198 Å². The van der Waals surface area contributed by atoms with E-state index in [1.807, 2.05) is 6.92 Å². The number of aromatic nitrogens is 1. The average molecular weight is 469 g/mol. The molecule has 0 radical (unpaired) electrons. The Morgan fingerprint density at radius 3 is 2.82 bits per heavy atom. The van der Waals surface area contributed by atoms with Gasteiger partial charge in [0.05, 0.1) is 11.7 Å². The number of aryl methyl sites for hydroxylation is 1. The van der Waals surface area contributed by atoms with Gasteiger partial charge >= 0.3 is 0 Å². The van der Waals surface area contributed by atoms with Gasteiger partial charge in [-0.1, -0.05) is 11.8 Å². The van der Waals surface area contributed by atoms with Gasteiger partial charge < -0.3 is 25.6 Å². The summed E-state index contributed by atoms with van der Waals surface area (Å²) < 4.78 is 25.6. The van der Waals surface area contributed by atoms with E-state index in [-0.39, 0.29) is 24.4 Å². The van der Waals surface area contributed by atoms with Crippen molar-refractivity contribution in [3.05, 3.63) is 53.1 Å². The number of aliphatic imine (C=N–C) groups is 1. The highest BCUT2D eigenvalue weighted by molar-refractivity contribution is 6.03. The fraction of sp³-hybridized carbons (Fsp3) is 0.400. The van der Waals surface area contributed by atoms with Crippen LogP contribution in [0.2, 0.25) is 0 Å². The van der Waals surface area contributed by atoms with Crippen LogP contribution in [0.5, 0.6) is 5.75 Å². The Kier molecular flexibility index (Phi) is 7.12. The van der Waals surface area contributed by atoms with E-state index in [1.54, 1.807) is 39.8 Å². The van der Waals surface area contributed by atoms with Crippen molar-refractivity contribution in [1.82, 2.24) is 4.98 Å². The summed E-state index contributed by atoms with van der Waals surface area (Å²) in [6.45, 7) is 8.58. The first-order valence-corrected chi connectivity index (χ1v) is 10.8. The van der Waals surface area contributed by atoms with E-state index < -0.39 is 22.9 Å². The molecule has 0 bridgehead atoms. The molecule has 180 valence electrons. The van der Waals surface area contributed by atoms with Gasteiger partial charge in [0.25, 0.3) is 11.9 Å². The minimum atomic E-state index is -1.10. The third kappa shape index (κ3) is 6.23. The van der Waals surface area contributed by atoms with Crippen molar-refractivity contribution in [2.75, 3.05) is 11.9 Å². The quantitative estimate of drug-likeness (QED) is 0.580. The minimum Gasteiger partial charge on any atom is -0.479 e. The molecule has 0 unspecified atom stereocenters. The number of aliphatic hydroxyl groups is 1. The summed E-state index contributed by atoms with van der Waals surface area (Å²) in [5.41, 5.74) is 5.25. The summed E-state index contributed by atoms with van der Waals surface area (Å²) in [5, 5.41) is 12.4.